The third-order valence-electron chi connectivity index (χ3n) is 5.74. The van der Waals surface area contributed by atoms with Crippen molar-refractivity contribution in [2.24, 2.45) is 5.73 Å². The van der Waals surface area contributed by atoms with Gasteiger partial charge in [0.25, 0.3) is 5.91 Å². The molecule has 8 heteroatoms. The van der Waals surface area contributed by atoms with Gasteiger partial charge in [0.05, 0.1) is 17.8 Å². The van der Waals surface area contributed by atoms with Gasteiger partial charge in [-0.15, -0.1) is 11.3 Å². The lowest BCUT2D eigenvalue weighted by atomic mass is 10.1. The summed E-state index contributed by atoms with van der Waals surface area (Å²) in [5, 5.41) is 5.64. The summed E-state index contributed by atoms with van der Waals surface area (Å²) in [5.74, 6) is 1.03. The number of pyridine rings is 1. The van der Waals surface area contributed by atoms with Gasteiger partial charge in [-0.05, 0) is 56.2 Å². The van der Waals surface area contributed by atoms with Crippen LogP contribution in [0.4, 0.5) is 5.82 Å². The first kappa shape index (κ1) is 19.7. The van der Waals surface area contributed by atoms with Crippen LogP contribution in [0.15, 0.2) is 35.8 Å². The first-order chi connectivity index (χ1) is 15.1. The summed E-state index contributed by atoms with van der Waals surface area (Å²) in [4.78, 5) is 27.7. The number of fused-ring (bicyclic) bond motifs is 2. The number of amides is 1. The molecule has 4 aromatic heterocycles. The zero-order valence-corrected chi connectivity index (χ0v) is 18.2. The summed E-state index contributed by atoms with van der Waals surface area (Å²) in [7, 11) is 0. The Morgan fingerprint density at radius 1 is 1.16 bits per heavy atom. The van der Waals surface area contributed by atoms with Crippen molar-refractivity contribution >= 4 is 28.7 Å². The Balaban J connectivity index is 1.65. The zero-order valence-electron chi connectivity index (χ0n) is 17.4. The minimum Gasteiger partial charge on any atom is -0.365 e. The molecule has 0 saturated carbocycles. The number of aryl methyl sites for hydroxylation is 2. The van der Waals surface area contributed by atoms with E-state index in [1.54, 1.807) is 23.5 Å². The van der Waals surface area contributed by atoms with Gasteiger partial charge in [0, 0.05) is 22.3 Å². The van der Waals surface area contributed by atoms with Crippen molar-refractivity contribution in [3.8, 4) is 11.5 Å². The molecule has 0 fully saturated rings. The molecule has 1 amide bonds. The minimum absolute atomic E-state index is 0.391. The van der Waals surface area contributed by atoms with E-state index in [-0.39, 0.29) is 0 Å². The second-order valence-corrected chi connectivity index (χ2v) is 8.87. The number of thiophene rings is 1. The van der Waals surface area contributed by atoms with Crippen LogP contribution in [0.25, 0.3) is 17.2 Å². The Hall–Kier alpha value is -3.26. The van der Waals surface area contributed by atoms with E-state index in [1.165, 1.54) is 16.9 Å². The Labute approximate surface area is 184 Å². The molecule has 0 aromatic carbocycles. The smallest absolute Gasteiger partial charge is 0.252 e. The van der Waals surface area contributed by atoms with E-state index in [0.29, 0.717) is 17.0 Å². The molecule has 0 aliphatic heterocycles. The molecular formula is C23H24N6OS. The summed E-state index contributed by atoms with van der Waals surface area (Å²) in [6.45, 7) is 2.65. The summed E-state index contributed by atoms with van der Waals surface area (Å²) in [5.41, 5.74) is 10.4. The molecule has 0 atom stereocenters. The molecule has 0 radical (unpaired) electrons. The molecule has 4 aromatic rings. The number of primary amides is 1. The van der Waals surface area contributed by atoms with Gasteiger partial charge in [-0.25, -0.2) is 15.0 Å². The monoisotopic (exact) mass is 432 g/mol. The number of anilines is 1. The number of hydrogen-bond acceptors (Lipinski definition) is 6. The normalized spacial score (nSPS) is 13.7. The lowest BCUT2D eigenvalue weighted by Crippen LogP contribution is -2.13. The van der Waals surface area contributed by atoms with Crippen LogP contribution in [0.5, 0.6) is 0 Å². The number of aromatic nitrogens is 4. The molecule has 4 heterocycles. The van der Waals surface area contributed by atoms with Gasteiger partial charge in [0.2, 0.25) is 0 Å². The number of carbonyl (C=O) groups is 1. The Morgan fingerprint density at radius 2 is 2.03 bits per heavy atom. The van der Waals surface area contributed by atoms with Crippen LogP contribution in [-0.4, -0.2) is 25.3 Å². The lowest BCUT2D eigenvalue weighted by molar-refractivity contribution is 0.100. The second kappa shape index (κ2) is 8.11. The molecule has 158 valence electrons. The van der Waals surface area contributed by atoms with Gasteiger partial charge in [-0.2, -0.15) is 0 Å². The maximum Gasteiger partial charge on any atom is 0.252 e. The van der Waals surface area contributed by atoms with Crippen molar-refractivity contribution in [1.29, 1.82) is 0 Å². The summed E-state index contributed by atoms with van der Waals surface area (Å²) in [6, 6.07) is 7.68. The van der Waals surface area contributed by atoms with Crippen LogP contribution in [0, 0.1) is 6.92 Å². The third-order valence-corrected chi connectivity index (χ3v) is 6.62. The van der Waals surface area contributed by atoms with E-state index in [4.69, 9.17) is 15.7 Å². The van der Waals surface area contributed by atoms with Crippen LogP contribution >= 0.6 is 11.3 Å². The van der Waals surface area contributed by atoms with Gasteiger partial charge in [-0.3, -0.25) is 9.20 Å². The second-order valence-electron chi connectivity index (χ2n) is 7.84. The molecule has 31 heavy (non-hydrogen) atoms. The Bertz CT molecular complexity index is 1260. The number of imidazole rings is 1. The number of nitrogens with one attached hydrogen (secondary N) is 1. The summed E-state index contributed by atoms with van der Waals surface area (Å²) >= 11 is 1.73. The Morgan fingerprint density at radius 3 is 2.84 bits per heavy atom. The number of rotatable bonds is 5. The third kappa shape index (κ3) is 3.67. The van der Waals surface area contributed by atoms with E-state index >= 15 is 0 Å². The molecule has 7 nitrogen and oxygen atoms in total. The van der Waals surface area contributed by atoms with Crippen molar-refractivity contribution in [1.82, 2.24) is 19.4 Å². The average molecular weight is 433 g/mol. The highest BCUT2D eigenvalue weighted by atomic mass is 32.1. The van der Waals surface area contributed by atoms with Gasteiger partial charge in [0.1, 0.15) is 17.2 Å². The standard InChI is InChI=1S/C23H24N6OS/c1-14-19(29-11-5-9-17(20(24)30)23(29)26-14)22-27-18-10-4-2-3-8-16(18)21(28-22)25-13-15-7-6-12-31-15/h5-7,9,11-12H,2-4,8,10,13H2,1H3,(H2,24,30)(H,25,27,28). The number of nitrogens with zero attached hydrogens (tertiary/aromatic N) is 4. The predicted octanol–water partition coefficient (Wildman–Crippen LogP) is 4.14. The van der Waals surface area contributed by atoms with Crippen LogP contribution in [0.2, 0.25) is 0 Å². The largest absolute Gasteiger partial charge is 0.365 e. The van der Waals surface area contributed by atoms with Crippen LogP contribution < -0.4 is 11.1 Å². The first-order valence-corrected chi connectivity index (χ1v) is 11.4. The van der Waals surface area contributed by atoms with Crippen molar-refractivity contribution in [3.05, 3.63) is 63.2 Å². The molecule has 0 unspecified atom stereocenters. The van der Waals surface area contributed by atoms with Gasteiger partial charge < -0.3 is 11.1 Å². The fourth-order valence-electron chi connectivity index (χ4n) is 4.25. The molecule has 5 rings (SSSR count). The lowest BCUT2D eigenvalue weighted by Gasteiger charge is -2.15. The van der Waals surface area contributed by atoms with Crippen molar-refractivity contribution < 1.29 is 4.79 Å². The molecule has 0 saturated heterocycles. The molecule has 0 spiro atoms. The summed E-state index contributed by atoms with van der Waals surface area (Å²) in [6.07, 6.45) is 7.30. The molecule has 1 aliphatic rings. The maximum absolute atomic E-state index is 11.9. The fraction of sp³-hybridized carbons (Fsp3) is 0.304. The van der Waals surface area contributed by atoms with Crippen molar-refractivity contribution in [3.63, 3.8) is 0 Å². The fourth-order valence-corrected chi connectivity index (χ4v) is 4.89. The molecule has 3 N–H and O–H groups in total. The van der Waals surface area contributed by atoms with Gasteiger partial charge in [0.15, 0.2) is 5.82 Å². The minimum atomic E-state index is -0.497. The highest BCUT2D eigenvalue weighted by Crippen LogP contribution is 2.30. The number of hydrogen-bond donors (Lipinski definition) is 2. The zero-order chi connectivity index (χ0) is 21.4. The van der Waals surface area contributed by atoms with E-state index < -0.39 is 5.91 Å². The van der Waals surface area contributed by atoms with E-state index in [0.717, 1.165) is 55.1 Å². The van der Waals surface area contributed by atoms with Crippen LogP contribution in [0.1, 0.15) is 51.4 Å². The first-order valence-electron chi connectivity index (χ1n) is 10.6. The number of nitrogens with two attached hydrogens (primary N) is 1. The predicted molar refractivity (Wildman–Crippen MR) is 122 cm³/mol. The molecular weight excluding hydrogens is 408 g/mol. The quantitative estimate of drug-likeness (QED) is 0.462. The maximum atomic E-state index is 11.9. The molecule has 1 aliphatic carbocycles. The van der Waals surface area contributed by atoms with Crippen molar-refractivity contribution in [2.45, 2.75) is 45.6 Å². The van der Waals surface area contributed by atoms with Crippen molar-refractivity contribution in [2.75, 3.05) is 5.32 Å². The van der Waals surface area contributed by atoms with E-state index in [2.05, 4.69) is 27.8 Å². The SMILES string of the molecule is Cc1nc2c(C(N)=O)cccn2c1-c1nc2c(c(NCc3cccs3)n1)CCCCC2. The van der Waals surface area contributed by atoms with E-state index in [9.17, 15) is 4.79 Å². The Kier molecular flexibility index (Phi) is 5.15. The van der Waals surface area contributed by atoms with E-state index in [1.807, 2.05) is 17.5 Å². The van der Waals surface area contributed by atoms with Gasteiger partial charge in [-0.1, -0.05) is 12.5 Å². The highest BCUT2D eigenvalue weighted by Gasteiger charge is 2.22. The summed E-state index contributed by atoms with van der Waals surface area (Å²) < 4.78 is 1.87. The average Bonchev–Trinajstić information content (AvgIpc) is 3.32. The topological polar surface area (TPSA) is 98.2 Å². The van der Waals surface area contributed by atoms with Gasteiger partial charge >= 0.3 is 0 Å². The van der Waals surface area contributed by atoms with Crippen LogP contribution in [-0.2, 0) is 19.4 Å². The van der Waals surface area contributed by atoms with Crippen LogP contribution in [0.3, 0.4) is 0 Å². The highest BCUT2D eigenvalue weighted by molar-refractivity contribution is 7.09. The molecule has 0 bridgehead atoms. The number of carbonyl (C=O) groups excluding carboxylic acids is 1.